The maximum Gasteiger partial charge on any atom is 0.490 e. The fraction of sp³-hybridized carbons (Fsp3) is 0.206. The molecule has 1 fully saturated rings. The second-order valence-electron chi connectivity index (χ2n) is 11.3. The molecular weight excluding hydrogens is 691 g/mol. The lowest BCUT2D eigenvalue weighted by atomic mass is 10.1. The summed E-state index contributed by atoms with van der Waals surface area (Å²) in [6, 6.07) is 20.3. The Bertz CT molecular complexity index is 2030. The Morgan fingerprint density at radius 1 is 0.962 bits per heavy atom. The van der Waals surface area contributed by atoms with Crippen LogP contribution in [0.5, 0.6) is 0 Å². The van der Waals surface area contributed by atoms with Gasteiger partial charge < -0.3 is 37.1 Å². The molecule has 18 heteroatoms. The first-order chi connectivity index (χ1) is 24.6. The summed E-state index contributed by atoms with van der Waals surface area (Å²) in [5.74, 6) is -4.31. The van der Waals surface area contributed by atoms with Crippen LogP contribution in [-0.4, -0.2) is 61.8 Å². The van der Waals surface area contributed by atoms with E-state index in [1.54, 1.807) is 24.3 Å². The van der Waals surface area contributed by atoms with Crippen molar-refractivity contribution in [1.82, 2.24) is 14.9 Å². The van der Waals surface area contributed by atoms with Crippen molar-refractivity contribution in [2.45, 2.75) is 44.8 Å². The summed E-state index contributed by atoms with van der Waals surface area (Å²) >= 11 is 0. The molecule has 3 aromatic carbocycles. The molecule has 8 N–H and O–H groups in total. The van der Waals surface area contributed by atoms with Gasteiger partial charge in [-0.1, -0.05) is 54.6 Å². The molecule has 272 valence electrons. The number of aliphatic carboxylic acids is 1. The molecule has 1 aliphatic carbocycles. The quantitative estimate of drug-likeness (QED) is 0.0737. The minimum atomic E-state index is -5.08. The number of amidine groups is 1. The number of hydrogen-bond donors (Lipinski definition) is 6. The topological polar surface area (TPSA) is 241 Å². The third kappa shape index (κ3) is 11.2. The molecule has 1 saturated carbocycles. The molecule has 15 nitrogen and oxygen atoms in total. The van der Waals surface area contributed by atoms with Crippen LogP contribution in [-0.2, 0) is 34.0 Å². The number of aliphatic imine (C=N–C) groups is 1. The van der Waals surface area contributed by atoms with Gasteiger partial charge in [0.1, 0.15) is 19.0 Å². The Hall–Kier alpha value is -6.72. The van der Waals surface area contributed by atoms with Gasteiger partial charge in [0.2, 0.25) is 5.91 Å². The molecule has 0 bridgehead atoms. The first kappa shape index (κ1) is 38.1. The Kier molecular flexibility index (Phi) is 12.3. The van der Waals surface area contributed by atoms with Gasteiger partial charge in [-0.05, 0) is 42.2 Å². The number of nitrogens with two attached hydrogens (primary N) is 2. The molecule has 5 rings (SSSR count). The predicted octanol–water partition coefficient (Wildman–Crippen LogP) is 3.76. The van der Waals surface area contributed by atoms with E-state index < -0.39 is 35.7 Å². The van der Waals surface area contributed by atoms with Crippen molar-refractivity contribution < 1.29 is 47.3 Å². The number of hydrogen-bond acceptors (Lipinski definition) is 9. The van der Waals surface area contributed by atoms with Gasteiger partial charge in [-0.15, -0.1) is 0 Å². The second kappa shape index (κ2) is 16.8. The number of carbonyl (C=O) groups is 4. The number of carboxylic acid groups (broad SMARTS) is 2. The summed E-state index contributed by atoms with van der Waals surface area (Å²) in [6.45, 7) is -0.140. The molecule has 0 spiro atoms. The zero-order valence-electron chi connectivity index (χ0n) is 27.1. The third-order valence-corrected chi connectivity index (χ3v) is 7.17. The molecule has 0 radical (unpaired) electrons. The van der Waals surface area contributed by atoms with Crippen LogP contribution in [0, 0.1) is 0 Å². The van der Waals surface area contributed by atoms with Crippen molar-refractivity contribution in [2.75, 3.05) is 11.1 Å². The number of nitrogens with one attached hydrogen (secondary N) is 2. The molecule has 1 aliphatic rings. The maximum atomic E-state index is 13.4. The van der Waals surface area contributed by atoms with Crippen LogP contribution in [0.25, 0.3) is 11.3 Å². The average molecular weight is 724 g/mol. The number of aromatic carboxylic acids is 1. The summed E-state index contributed by atoms with van der Waals surface area (Å²) in [7, 11) is 0. The highest BCUT2D eigenvalue weighted by atomic mass is 19.4. The second-order valence-corrected chi connectivity index (χ2v) is 11.3. The van der Waals surface area contributed by atoms with E-state index >= 15 is 0 Å². The van der Waals surface area contributed by atoms with Crippen molar-refractivity contribution in [3.8, 4) is 11.3 Å². The van der Waals surface area contributed by atoms with E-state index in [1.165, 1.54) is 29.0 Å². The molecule has 52 heavy (non-hydrogen) atoms. The summed E-state index contributed by atoms with van der Waals surface area (Å²) in [5.41, 5.74) is 14.1. The molecular formula is C34H32F3N7O8. The number of amides is 2. The Balaban J connectivity index is 0.000000785. The van der Waals surface area contributed by atoms with E-state index in [-0.39, 0.29) is 54.3 Å². The Labute approximate surface area is 292 Å². The van der Waals surface area contributed by atoms with Crippen molar-refractivity contribution in [2.24, 2.45) is 10.7 Å². The standard InChI is InChI=1S/C32H31N7O6.C2HF3O2/c33-24-13-22(12-23(14-24)31(42)43)26-16-36-29(37-25-10-11-25)30(41)39(26)17-27(40)35-15-19-6-8-21(9-7-19)28(34)38-32(44)45-18-20-4-2-1-3-5-20;3-2(4,5)1(6)7/h1-9,12-14,16,25H,10-11,15,17-18,33H2,(H,35,40)(H,36,37)(H,42,43)(H2,34,38,44);(H,6,7). The predicted molar refractivity (Wildman–Crippen MR) is 181 cm³/mol. The first-order valence-electron chi connectivity index (χ1n) is 15.3. The first-order valence-corrected chi connectivity index (χ1v) is 15.3. The number of benzene rings is 3. The molecule has 1 heterocycles. The van der Waals surface area contributed by atoms with Gasteiger partial charge in [0.25, 0.3) is 5.56 Å². The highest BCUT2D eigenvalue weighted by Crippen LogP contribution is 2.25. The van der Waals surface area contributed by atoms with E-state index in [9.17, 15) is 37.5 Å². The van der Waals surface area contributed by atoms with Crippen molar-refractivity contribution in [3.63, 3.8) is 0 Å². The number of anilines is 2. The molecule has 1 aromatic heterocycles. The maximum absolute atomic E-state index is 13.4. The summed E-state index contributed by atoms with van der Waals surface area (Å²) < 4.78 is 38.1. The van der Waals surface area contributed by atoms with E-state index in [0.717, 1.165) is 24.0 Å². The van der Waals surface area contributed by atoms with Crippen LogP contribution in [0.2, 0.25) is 0 Å². The van der Waals surface area contributed by atoms with Crippen LogP contribution in [0.15, 0.2) is 88.8 Å². The smallest absolute Gasteiger partial charge is 0.478 e. The highest BCUT2D eigenvalue weighted by molar-refractivity contribution is 6.02. The fourth-order valence-electron chi connectivity index (χ4n) is 4.43. The molecule has 0 unspecified atom stereocenters. The van der Waals surface area contributed by atoms with Gasteiger partial charge in [-0.3, -0.25) is 14.2 Å². The minimum Gasteiger partial charge on any atom is -0.478 e. The van der Waals surface area contributed by atoms with Gasteiger partial charge in [0.05, 0.1) is 17.5 Å². The average Bonchev–Trinajstić information content (AvgIpc) is 3.92. The Morgan fingerprint density at radius 3 is 2.21 bits per heavy atom. The molecule has 0 atom stereocenters. The largest absolute Gasteiger partial charge is 0.490 e. The van der Waals surface area contributed by atoms with Crippen LogP contribution in [0.1, 0.15) is 39.9 Å². The summed E-state index contributed by atoms with van der Waals surface area (Å²) in [5, 5.41) is 22.5. The van der Waals surface area contributed by atoms with Gasteiger partial charge in [-0.25, -0.2) is 19.4 Å². The molecule has 0 saturated heterocycles. The monoisotopic (exact) mass is 723 g/mol. The van der Waals surface area contributed by atoms with Crippen LogP contribution >= 0.6 is 0 Å². The third-order valence-electron chi connectivity index (χ3n) is 7.17. The van der Waals surface area contributed by atoms with E-state index in [1.807, 2.05) is 30.3 Å². The highest BCUT2D eigenvalue weighted by Gasteiger charge is 2.38. The summed E-state index contributed by atoms with van der Waals surface area (Å²) in [6.07, 6.45) is -2.65. The minimum absolute atomic E-state index is 0.0172. The lowest BCUT2D eigenvalue weighted by Gasteiger charge is -2.16. The summed E-state index contributed by atoms with van der Waals surface area (Å²) in [4.78, 5) is 67.0. The van der Waals surface area contributed by atoms with Crippen molar-refractivity contribution in [3.05, 3.63) is 112 Å². The van der Waals surface area contributed by atoms with E-state index in [0.29, 0.717) is 11.1 Å². The van der Waals surface area contributed by atoms with E-state index in [2.05, 4.69) is 20.6 Å². The van der Waals surface area contributed by atoms with Crippen LogP contribution in [0.3, 0.4) is 0 Å². The Morgan fingerprint density at radius 2 is 1.62 bits per heavy atom. The zero-order chi connectivity index (χ0) is 38.0. The number of ether oxygens (including phenoxy) is 1. The SMILES string of the molecule is N/C(=N\C(=O)OCc1ccccc1)c1ccc(CNC(=O)Cn2c(-c3cc(N)cc(C(=O)O)c3)cnc(NC3CC3)c2=O)cc1.O=C(O)C(F)(F)F. The van der Waals surface area contributed by atoms with Crippen molar-refractivity contribution >= 4 is 41.3 Å². The normalized spacial score (nSPS) is 12.6. The van der Waals surface area contributed by atoms with E-state index in [4.69, 9.17) is 26.1 Å². The zero-order valence-corrected chi connectivity index (χ0v) is 27.1. The number of aromatic nitrogens is 2. The van der Waals surface area contributed by atoms with Gasteiger partial charge in [-0.2, -0.15) is 18.2 Å². The number of rotatable bonds is 11. The van der Waals surface area contributed by atoms with Crippen LogP contribution < -0.4 is 27.7 Å². The number of halogens is 3. The van der Waals surface area contributed by atoms with Crippen molar-refractivity contribution in [1.29, 1.82) is 0 Å². The molecule has 4 aromatic rings. The van der Waals surface area contributed by atoms with Gasteiger partial charge in [0, 0.05) is 29.4 Å². The number of nitrogen functional groups attached to an aromatic ring is 1. The lowest BCUT2D eigenvalue weighted by molar-refractivity contribution is -0.192. The number of carboxylic acids is 2. The van der Waals surface area contributed by atoms with Gasteiger partial charge in [0.15, 0.2) is 5.82 Å². The lowest BCUT2D eigenvalue weighted by Crippen LogP contribution is -2.34. The number of nitrogens with zero attached hydrogens (tertiary/aromatic N) is 3. The molecule has 0 aliphatic heterocycles. The number of alkyl halides is 3. The van der Waals surface area contributed by atoms with Crippen LogP contribution in [0.4, 0.5) is 29.5 Å². The molecule has 2 amide bonds. The fourth-order valence-corrected chi connectivity index (χ4v) is 4.43. The van der Waals surface area contributed by atoms with Gasteiger partial charge >= 0.3 is 24.2 Å². The number of carbonyl (C=O) groups excluding carboxylic acids is 2.